The third-order valence-electron chi connectivity index (χ3n) is 4.67. The van der Waals surface area contributed by atoms with Crippen LogP contribution in [0.4, 0.5) is 0 Å². The molecular formula is C19H18N4O4. The summed E-state index contributed by atoms with van der Waals surface area (Å²) in [6.07, 6.45) is 3.42. The van der Waals surface area contributed by atoms with Gasteiger partial charge in [0.15, 0.2) is 5.58 Å². The first-order valence-corrected chi connectivity index (χ1v) is 8.69. The van der Waals surface area contributed by atoms with E-state index in [9.17, 15) is 14.4 Å². The lowest BCUT2D eigenvalue weighted by Crippen LogP contribution is -2.51. The number of carbonyl (C=O) groups excluding carboxylic acids is 2. The van der Waals surface area contributed by atoms with Gasteiger partial charge in [-0.15, -0.1) is 0 Å². The molecule has 3 aromatic rings. The van der Waals surface area contributed by atoms with E-state index in [4.69, 9.17) is 4.42 Å². The van der Waals surface area contributed by atoms with Gasteiger partial charge in [0, 0.05) is 38.6 Å². The minimum atomic E-state index is -0.511. The van der Waals surface area contributed by atoms with Crippen LogP contribution in [-0.2, 0) is 11.2 Å². The number of nitrogens with zero attached hydrogens (tertiary/aromatic N) is 3. The molecule has 2 amide bonds. The Bertz CT molecular complexity index is 1030. The van der Waals surface area contributed by atoms with Crippen molar-refractivity contribution in [3.05, 3.63) is 64.4 Å². The molecule has 4 rings (SSSR count). The standard InChI is InChI=1S/C19H18N4O4/c24-17(11-13-3-4-16-15(10-13)21-19(26)27-16)22-6-8-23(9-7-22)18(25)14-2-1-5-20-12-14/h1-5,10,12H,6-9,11H2,(H,21,26). The Morgan fingerprint density at radius 1 is 1.11 bits per heavy atom. The Morgan fingerprint density at radius 2 is 1.89 bits per heavy atom. The fourth-order valence-electron chi connectivity index (χ4n) is 3.23. The first-order chi connectivity index (χ1) is 13.1. The number of amides is 2. The first-order valence-electron chi connectivity index (χ1n) is 8.69. The Hall–Kier alpha value is -3.42. The highest BCUT2D eigenvalue weighted by Crippen LogP contribution is 2.14. The molecule has 1 aliphatic rings. The predicted octanol–water partition coefficient (Wildman–Crippen LogP) is 1.04. The van der Waals surface area contributed by atoms with Crippen LogP contribution >= 0.6 is 0 Å². The maximum atomic E-state index is 12.6. The molecule has 0 bridgehead atoms. The smallest absolute Gasteiger partial charge is 0.408 e. The van der Waals surface area contributed by atoms with Crippen molar-refractivity contribution in [1.29, 1.82) is 0 Å². The minimum absolute atomic E-state index is 0.00586. The molecule has 0 aliphatic carbocycles. The molecule has 8 heteroatoms. The number of H-pyrrole nitrogens is 1. The molecule has 27 heavy (non-hydrogen) atoms. The Balaban J connectivity index is 1.36. The fraction of sp³-hybridized carbons (Fsp3) is 0.263. The minimum Gasteiger partial charge on any atom is -0.408 e. The summed E-state index contributed by atoms with van der Waals surface area (Å²) in [4.78, 5) is 46.3. The zero-order valence-corrected chi connectivity index (χ0v) is 14.6. The summed E-state index contributed by atoms with van der Waals surface area (Å²) < 4.78 is 4.97. The third kappa shape index (κ3) is 3.59. The molecule has 1 saturated heterocycles. The highest BCUT2D eigenvalue weighted by atomic mass is 16.4. The van der Waals surface area contributed by atoms with Crippen LogP contribution in [0.3, 0.4) is 0 Å². The van der Waals surface area contributed by atoms with Gasteiger partial charge in [-0.1, -0.05) is 6.07 Å². The van der Waals surface area contributed by atoms with E-state index >= 15 is 0 Å². The van der Waals surface area contributed by atoms with Crippen molar-refractivity contribution in [3.8, 4) is 0 Å². The Kier molecular flexibility index (Phi) is 4.45. The van der Waals surface area contributed by atoms with Crippen LogP contribution in [-0.4, -0.2) is 57.8 Å². The summed E-state index contributed by atoms with van der Waals surface area (Å²) in [6, 6.07) is 8.68. The molecule has 1 aromatic carbocycles. The lowest BCUT2D eigenvalue weighted by Gasteiger charge is -2.34. The number of fused-ring (bicyclic) bond motifs is 1. The third-order valence-corrected chi connectivity index (χ3v) is 4.67. The fourth-order valence-corrected chi connectivity index (χ4v) is 3.23. The largest absolute Gasteiger partial charge is 0.417 e. The normalized spacial score (nSPS) is 14.5. The van der Waals surface area contributed by atoms with Crippen molar-refractivity contribution in [2.75, 3.05) is 26.2 Å². The van der Waals surface area contributed by atoms with Gasteiger partial charge in [0.25, 0.3) is 5.91 Å². The van der Waals surface area contributed by atoms with E-state index in [0.717, 1.165) is 5.56 Å². The summed E-state index contributed by atoms with van der Waals surface area (Å²) in [5.41, 5.74) is 2.41. The Morgan fingerprint density at radius 3 is 2.63 bits per heavy atom. The molecular weight excluding hydrogens is 348 g/mol. The quantitative estimate of drug-likeness (QED) is 0.747. The number of pyridine rings is 1. The van der Waals surface area contributed by atoms with Crippen molar-refractivity contribution in [2.45, 2.75) is 6.42 Å². The predicted molar refractivity (Wildman–Crippen MR) is 97.3 cm³/mol. The van der Waals surface area contributed by atoms with Gasteiger partial charge in [0.05, 0.1) is 17.5 Å². The first kappa shape index (κ1) is 17.0. The highest BCUT2D eigenvalue weighted by Gasteiger charge is 2.25. The van der Waals surface area contributed by atoms with Crippen molar-refractivity contribution >= 4 is 22.9 Å². The van der Waals surface area contributed by atoms with Gasteiger partial charge in [-0.05, 0) is 29.8 Å². The number of hydrogen-bond acceptors (Lipinski definition) is 5. The van der Waals surface area contributed by atoms with E-state index < -0.39 is 5.76 Å². The lowest BCUT2D eigenvalue weighted by molar-refractivity contribution is -0.131. The molecule has 0 unspecified atom stereocenters. The van der Waals surface area contributed by atoms with E-state index in [1.807, 2.05) is 0 Å². The van der Waals surface area contributed by atoms with Crippen LogP contribution in [0.1, 0.15) is 15.9 Å². The van der Waals surface area contributed by atoms with Gasteiger partial charge in [-0.25, -0.2) is 4.79 Å². The van der Waals surface area contributed by atoms with Crippen LogP contribution in [0, 0.1) is 0 Å². The van der Waals surface area contributed by atoms with Crippen LogP contribution in [0.5, 0.6) is 0 Å². The van der Waals surface area contributed by atoms with Crippen LogP contribution < -0.4 is 5.76 Å². The number of nitrogens with one attached hydrogen (secondary N) is 1. The van der Waals surface area contributed by atoms with E-state index in [2.05, 4.69) is 9.97 Å². The van der Waals surface area contributed by atoms with Crippen molar-refractivity contribution in [2.24, 2.45) is 0 Å². The molecule has 2 aromatic heterocycles. The molecule has 0 spiro atoms. The average Bonchev–Trinajstić information content (AvgIpc) is 3.07. The van der Waals surface area contributed by atoms with Gasteiger partial charge in [-0.3, -0.25) is 19.6 Å². The van der Waals surface area contributed by atoms with Crippen molar-refractivity contribution in [1.82, 2.24) is 19.8 Å². The van der Waals surface area contributed by atoms with E-state index in [-0.39, 0.29) is 18.2 Å². The highest BCUT2D eigenvalue weighted by molar-refractivity contribution is 5.94. The number of hydrogen-bond donors (Lipinski definition) is 1. The zero-order chi connectivity index (χ0) is 18.8. The molecule has 3 heterocycles. The molecule has 1 aliphatic heterocycles. The molecule has 138 valence electrons. The van der Waals surface area contributed by atoms with E-state index in [1.165, 1.54) is 0 Å². The number of aromatic nitrogens is 2. The number of rotatable bonds is 3. The van der Waals surface area contributed by atoms with Gasteiger partial charge in [0.2, 0.25) is 5.91 Å². The summed E-state index contributed by atoms with van der Waals surface area (Å²) in [6.45, 7) is 1.98. The van der Waals surface area contributed by atoms with Crippen LogP contribution in [0.2, 0.25) is 0 Å². The maximum absolute atomic E-state index is 12.6. The van der Waals surface area contributed by atoms with Gasteiger partial charge < -0.3 is 14.2 Å². The summed E-state index contributed by atoms with van der Waals surface area (Å²) >= 11 is 0. The second-order valence-electron chi connectivity index (χ2n) is 6.44. The number of carbonyl (C=O) groups is 2. The lowest BCUT2D eigenvalue weighted by atomic mass is 10.1. The number of oxazole rings is 1. The Labute approximate surface area is 154 Å². The van der Waals surface area contributed by atoms with E-state index in [1.54, 1.807) is 52.5 Å². The SMILES string of the molecule is O=C(Cc1ccc2oc(=O)[nH]c2c1)N1CCN(C(=O)c2cccnc2)CC1. The molecule has 8 nitrogen and oxygen atoms in total. The van der Waals surface area contributed by atoms with Gasteiger partial charge in [0.1, 0.15) is 0 Å². The van der Waals surface area contributed by atoms with Gasteiger partial charge in [-0.2, -0.15) is 0 Å². The summed E-state index contributed by atoms with van der Waals surface area (Å²) in [7, 11) is 0. The molecule has 1 fully saturated rings. The zero-order valence-electron chi connectivity index (χ0n) is 14.6. The molecule has 0 atom stereocenters. The van der Waals surface area contributed by atoms with E-state index in [0.29, 0.717) is 42.8 Å². The second-order valence-corrected chi connectivity index (χ2v) is 6.44. The van der Waals surface area contributed by atoms with Crippen molar-refractivity contribution < 1.29 is 14.0 Å². The second kappa shape index (κ2) is 7.06. The van der Waals surface area contributed by atoms with Crippen LogP contribution in [0.15, 0.2) is 51.9 Å². The summed E-state index contributed by atoms with van der Waals surface area (Å²) in [5.74, 6) is -0.582. The number of aromatic amines is 1. The molecule has 1 N–H and O–H groups in total. The topological polar surface area (TPSA) is 99.5 Å². The molecule has 0 saturated carbocycles. The monoisotopic (exact) mass is 366 g/mol. The molecule has 0 radical (unpaired) electrons. The van der Waals surface area contributed by atoms with Crippen molar-refractivity contribution in [3.63, 3.8) is 0 Å². The number of benzene rings is 1. The van der Waals surface area contributed by atoms with Crippen LogP contribution in [0.25, 0.3) is 11.1 Å². The maximum Gasteiger partial charge on any atom is 0.417 e. The van der Waals surface area contributed by atoms with Gasteiger partial charge >= 0.3 is 5.76 Å². The number of piperazine rings is 1. The average molecular weight is 366 g/mol. The summed E-state index contributed by atoms with van der Waals surface area (Å²) in [5, 5.41) is 0.